The molecule has 4 heterocycles. The molecule has 4 nitrogen and oxygen atoms in total. The average molecular weight is 1430 g/mol. The van der Waals surface area contributed by atoms with Gasteiger partial charge in [-0.05, 0) is 255 Å². The van der Waals surface area contributed by atoms with Crippen molar-refractivity contribution in [1.29, 1.82) is 0 Å². The molecule has 0 saturated carbocycles. The zero-order valence-corrected chi connectivity index (χ0v) is 63.3. The highest BCUT2D eigenvalue weighted by atomic mass is 15.0. The van der Waals surface area contributed by atoms with Crippen molar-refractivity contribution in [3.05, 3.63) is 385 Å². The van der Waals surface area contributed by atoms with E-state index in [4.69, 9.17) is 4.98 Å². The minimum Gasteiger partial charge on any atom is -0.309 e. The van der Waals surface area contributed by atoms with Crippen molar-refractivity contribution in [3.8, 4) is 117 Å². The third-order valence-corrected chi connectivity index (χ3v) is 25.9. The van der Waals surface area contributed by atoms with E-state index in [1.807, 2.05) is 6.20 Å². The molecule has 0 N–H and O–H groups in total. The van der Waals surface area contributed by atoms with Crippen LogP contribution < -0.4 is 0 Å². The maximum absolute atomic E-state index is 5.31. The van der Waals surface area contributed by atoms with Crippen molar-refractivity contribution >= 4 is 76.3 Å². The molecule has 16 aromatic carbocycles. The fraction of sp³-hybridized carbons (Fsp3) is 0.0833. The van der Waals surface area contributed by atoms with Crippen molar-refractivity contribution < 1.29 is 0 Å². The molecule has 23 rings (SSSR count). The zero-order valence-electron chi connectivity index (χ0n) is 63.3. The van der Waals surface area contributed by atoms with Gasteiger partial charge in [-0.15, -0.1) is 0 Å². The second-order valence-electron chi connectivity index (χ2n) is 32.9. The second kappa shape index (κ2) is 23.7. The van der Waals surface area contributed by atoms with Crippen LogP contribution in [0, 0.1) is 0 Å². The number of hydrogen-bond acceptors (Lipinski definition) is 1. The maximum atomic E-state index is 5.31. The Morgan fingerprint density at radius 3 is 0.938 bits per heavy atom. The number of pyridine rings is 1. The highest BCUT2D eigenvalue weighted by molar-refractivity contribution is 6.15. The molecular weight excluding hydrogens is 1350 g/mol. The highest BCUT2D eigenvalue weighted by Gasteiger charge is 2.38. The Bertz CT molecular complexity index is 7480. The van der Waals surface area contributed by atoms with E-state index in [0.29, 0.717) is 0 Å². The number of aromatic nitrogens is 4. The summed E-state index contributed by atoms with van der Waals surface area (Å²) in [7, 11) is 0. The van der Waals surface area contributed by atoms with Crippen LogP contribution in [-0.4, -0.2) is 18.7 Å². The summed E-state index contributed by atoms with van der Waals surface area (Å²) in [6, 6.07) is 131. The van der Waals surface area contributed by atoms with Crippen LogP contribution in [0.3, 0.4) is 0 Å². The third kappa shape index (κ3) is 9.27. The number of para-hydroxylation sites is 3. The largest absolute Gasteiger partial charge is 0.309 e. The first kappa shape index (κ1) is 64.3. The Balaban J connectivity index is 0.691. The zero-order chi connectivity index (χ0) is 74.6. The fourth-order valence-corrected chi connectivity index (χ4v) is 20.4. The van der Waals surface area contributed by atoms with Gasteiger partial charge in [-0.1, -0.05) is 266 Å². The van der Waals surface area contributed by atoms with Gasteiger partial charge in [-0.25, -0.2) is 0 Å². The molecule has 0 atom stereocenters. The minimum atomic E-state index is -0.0651. The van der Waals surface area contributed by atoms with Crippen LogP contribution in [0.2, 0.25) is 0 Å². The Hall–Kier alpha value is -13.7. The van der Waals surface area contributed by atoms with Crippen molar-refractivity contribution in [2.24, 2.45) is 0 Å². The van der Waals surface area contributed by atoms with Crippen LogP contribution in [0.4, 0.5) is 0 Å². The first-order chi connectivity index (χ1) is 54.8. The molecule has 3 aliphatic carbocycles. The van der Waals surface area contributed by atoms with E-state index in [2.05, 4.69) is 401 Å². The van der Waals surface area contributed by atoms with Gasteiger partial charge in [0.05, 0.1) is 38.6 Å². The molecule has 4 heteroatoms. The van der Waals surface area contributed by atoms with Gasteiger partial charge >= 0.3 is 0 Å². The van der Waals surface area contributed by atoms with Gasteiger partial charge in [0.15, 0.2) is 0 Å². The first-order valence-electron chi connectivity index (χ1n) is 39.4. The van der Waals surface area contributed by atoms with Crippen LogP contribution in [0.15, 0.2) is 352 Å². The summed E-state index contributed by atoms with van der Waals surface area (Å²) < 4.78 is 7.41. The molecule has 0 aliphatic heterocycles. The molecule has 112 heavy (non-hydrogen) atoms. The lowest BCUT2D eigenvalue weighted by molar-refractivity contribution is 0.660. The van der Waals surface area contributed by atoms with Gasteiger partial charge in [-0.3, -0.25) is 4.98 Å². The molecular formula is C108H76N4. The van der Waals surface area contributed by atoms with E-state index in [0.717, 1.165) is 94.4 Å². The molecule has 0 spiro atoms. The molecule has 528 valence electrons. The van der Waals surface area contributed by atoms with E-state index < -0.39 is 0 Å². The molecule has 4 aromatic heterocycles. The SMILES string of the molecule is CC1(C)c2ccccc2-c2cc(-c3ccc4c(c3)c3ccccc3n4-c3cccc(-c4ccc5nccc(-c6cccc(-n7c8ccccc8c8cc(-c9ccc%10c(c9)-c9ccccc9C%10(C)C)ccc87)c6)c5c4-c4cccc(-n5c6ccccc6c6cc(-c7ccc8c(c7)-c7ccccc7C8(C)C)ccc65)c4)c3)ccc21. The monoisotopic (exact) mass is 1430 g/mol. The van der Waals surface area contributed by atoms with E-state index >= 15 is 0 Å². The number of hydrogen-bond donors (Lipinski definition) is 0. The number of fused-ring (bicyclic) bond motifs is 19. The van der Waals surface area contributed by atoms with Crippen molar-refractivity contribution in [3.63, 3.8) is 0 Å². The summed E-state index contributed by atoms with van der Waals surface area (Å²) in [5.74, 6) is 0. The first-order valence-corrected chi connectivity index (χ1v) is 39.4. The van der Waals surface area contributed by atoms with Crippen molar-refractivity contribution in [1.82, 2.24) is 18.7 Å². The summed E-state index contributed by atoms with van der Waals surface area (Å²) in [5, 5.41) is 8.39. The van der Waals surface area contributed by atoms with Gasteiger partial charge in [0.1, 0.15) is 0 Å². The van der Waals surface area contributed by atoms with E-state index in [1.54, 1.807) is 0 Å². The van der Waals surface area contributed by atoms with Crippen molar-refractivity contribution in [2.75, 3.05) is 0 Å². The van der Waals surface area contributed by atoms with Crippen LogP contribution in [0.1, 0.15) is 74.9 Å². The molecule has 0 unspecified atom stereocenters. The third-order valence-electron chi connectivity index (χ3n) is 25.9. The van der Waals surface area contributed by atoms with Gasteiger partial charge in [0.2, 0.25) is 0 Å². The van der Waals surface area contributed by atoms with Gasteiger partial charge < -0.3 is 13.7 Å². The lowest BCUT2D eigenvalue weighted by Crippen LogP contribution is -2.14. The van der Waals surface area contributed by atoms with Crippen LogP contribution in [0.5, 0.6) is 0 Å². The fourth-order valence-electron chi connectivity index (χ4n) is 20.4. The molecule has 0 bridgehead atoms. The molecule has 3 aliphatic rings. The Morgan fingerprint density at radius 1 is 0.205 bits per heavy atom. The summed E-state index contributed by atoms with van der Waals surface area (Å²) in [6.45, 7) is 14.1. The Kier molecular flexibility index (Phi) is 13.6. The average Bonchev–Trinajstić information content (AvgIpc) is 1.52. The van der Waals surface area contributed by atoms with Crippen LogP contribution in [-0.2, 0) is 16.2 Å². The highest BCUT2D eigenvalue weighted by Crippen LogP contribution is 2.54. The predicted molar refractivity (Wildman–Crippen MR) is 470 cm³/mol. The lowest BCUT2D eigenvalue weighted by atomic mass is 9.82. The standard InChI is InChI=1S/C108H76N4/c1-106(2)91-34-13-7-28-79(91)85-59-65(40-47-94(85)106)68-43-51-101-88(62-68)82-31-10-16-37-98(82)110(101)74-25-19-22-71(56-74)77-46-50-97-105(104(77)73-24-21-27-76(58-73)112-100-39-18-12-33-84(100)90-64-70(45-53-103(90)112)67-42-49-96-87(61-67)81-30-9-15-36-93(81)108(96,5)6)78(54-55-109-97)72-23-20-26-75(57-72)111-99-38-17-11-32-83(99)89-63-69(44-52-102(89)111)66-41-48-95-86(60-66)80-29-8-14-35-92(80)107(95,3)4/h7-64H,1-6H3. The smallest absolute Gasteiger partial charge is 0.0714 e. The summed E-state index contributed by atoms with van der Waals surface area (Å²) >= 11 is 0. The number of benzene rings is 16. The summed E-state index contributed by atoms with van der Waals surface area (Å²) in [6.07, 6.45) is 2.00. The normalized spacial score (nSPS) is 14.0. The van der Waals surface area contributed by atoms with Gasteiger partial charge in [0.25, 0.3) is 0 Å². The van der Waals surface area contributed by atoms with Crippen LogP contribution in [0.25, 0.3) is 194 Å². The van der Waals surface area contributed by atoms with Crippen LogP contribution >= 0.6 is 0 Å². The summed E-state index contributed by atoms with van der Waals surface area (Å²) in [5.41, 5.74) is 41.1. The van der Waals surface area contributed by atoms with E-state index in [9.17, 15) is 0 Å². The quantitative estimate of drug-likeness (QED) is 0.142. The predicted octanol–water partition coefficient (Wildman–Crippen LogP) is 28.4. The van der Waals surface area contributed by atoms with Gasteiger partial charge in [0, 0.05) is 77.2 Å². The molecule has 0 amide bonds. The topological polar surface area (TPSA) is 27.7 Å². The molecule has 20 aromatic rings. The summed E-state index contributed by atoms with van der Waals surface area (Å²) in [4.78, 5) is 5.31. The Morgan fingerprint density at radius 2 is 0.527 bits per heavy atom. The minimum absolute atomic E-state index is 0.0585. The Labute approximate surface area is 651 Å². The van der Waals surface area contributed by atoms with E-state index in [-0.39, 0.29) is 16.2 Å². The van der Waals surface area contributed by atoms with Crippen molar-refractivity contribution in [2.45, 2.75) is 57.8 Å². The second-order valence-corrected chi connectivity index (χ2v) is 32.9. The maximum Gasteiger partial charge on any atom is 0.0714 e. The molecule has 0 radical (unpaired) electrons. The lowest BCUT2D eigenvalue weighted by Gasteiger charge is -2.21. The number of rotatable bonds is 9. The van der Waals surface area contributed by atoms with E-state index in [1.165, 1.54) is 132 Å². The molecule has 0 fully saturated rings. The number of nitrogens with zero attached hydrogens (tertiary/aromatic N) is 4. The molecule has 0 saturated heterocycles. The van der Waals surface area contributed by atoms with Gasteiger partial charge in [-0.2, -0.15) is 0 Å².